The zero-order valence-corrected chi connectivity index (χ0v) is 13.5. The third-order valence-electron chi connectivity index (χ3n) is 4.45. The molecule has 1 saturated heterocycles. The molecule has 0 unspecified atom stereocenters. The SMILES string of the molecule is c1ccc(CN2CCC[C@H](c3nnc(-c4cccnc4)o3)C2)cc1. The monoisotopic (exact) mass is 320 g/mol. The maximum absolute atomic E-state index is 5.92. The first-order valence-corrected chi connectivity index (χ1v) is 8.38. The van der Waals surface area contributed by atoms with Crippen LogP contribution in [0.2, 0.25) is 0 Å². The molecule has 3 heterocycles. The van der Waals surface area contributed by atoms with Crippen LogP contribution in [0.25, 0.3) is 11.5 Å². The van der Waals surface area contributed by atoms with Crippen LogP contribution in [0.4, 0.5) is 0 Å². The molecule has 0 aliphatic carbocycles. The molecule has 0 bridgehead atoms. The molecule has 5 nitrogen and oxygen atoms in total. The van der Waals surface area contributed by atoms with Gasteiger partial charge < -0.3 is 4.42 Å². The van der Waals surface area contributed by atoms with Crippen molar-refractivity contribution in [3.63, 3.8) is 0 Å². The number of piperidine rings is 1. The highest BCUT2D eigenvalue weighted by Gasteiger charge is 2.26. The van der Waals surface area contributed by atoms with Gasteiger partial charge in [-0.25, -0.2) is 0 Å². The molecular formula is C19H20N4O. The van der Waals surface area contributed by atoms with E-state index in [0.29, 0.717) is 11.8 Å². The molecule has 0 amide bonds. The van der Waals surface area contributed by atoms with E-state index in [2.05, 4.69) is 50.4 Å². The van der Waals surface area contributed by atoms with Crippen molar-refractivity contribution < 1.29 is 4.42 Å². The predicted octanol–water partition coefficient (Wildman–Crippen LogP) is 3.51. The fraction of sp³-hybridized carbons (Fsp3) is 0.316. The second-order valence-electron chi connectivity index (χ2n) is 6.25. The van der Waals surface area contributed by atoms with Crippen molar-refractivity contribution in [2.75, 3.05) is 13.1 Å². The van der Waals surface area contributed by atoms with Gasteiger partial charge in [-0.05, 0) is 37.1 Å². The number of likely N-dealkylation sites (tertiary alicyclic amines) is 1. The minimum absolute atomic E-state index is 0.306. The van der Waals surface area contributed by atoms with Gasteiger partial charge in [-0.1, -0.05) is 30.3 Å². The van der Waals surface area contributed by atoms with Gasteiger partial charge in [0.05, 0.1) is 11.5 Å². The predicted molar refractivity (Wildman–Crippen MR) is 91.2 cm³/mol. The Morgan fingerprint density at radius 2 is 2.00 bits per heavy atom. The third kappa shape index (κ3) is 3.36. The summed E-state index contributed by atoms with van der Waals surface area (Å²) in [6.45, 7) is 3.06. The molecule has 0 saturated carbocycles. The summed E-state index contributed by atoms with van der Waals surface area (Å²) in [6, 6.07) is 14.4. The lowest BCUT2D eigenvalue weighted by Gasteiger charge is -2.31. The molecule has 24 heavy (non-hydrogen) atoms. The van der Waals surface area contributed by atoms with Crippen LogP contribution >= 0.6 is 0 Å². The van der Waals surface area contributed by atoms with Crippen molar-refractivity contribution in [1.82, 2.24) is 20.1 Å². The van der Waals surface area contributed by atoms with Crippen molar-refractivity contribution in [2.24, 2.45) is 0 Å². The van der Waals surface area contributed by atoms with Crippen molar-refractivity contribution >= 4 is 0 Å². The molecule has 0 N–H and O–H groups in total. The van der Waals surface area contributed by atoms with E-state index in [-0.39, 0.29) is 0 Å². The lowest BCUT2D eigenvalue weighted by Crippen LogP contribution is -2.34. The van der Waals surface area contributed by atoms with E-state index in [9.17, 15) is 0 Å². The van der Waals surface area contributed by atoms with E-state index in [1.807, 2.05) is 12.1 Å². The highest BCUT2D eigenvalue weighted by molar-refractivity contribution is 5.50. The topological polar surface area (TPSA) is 55.1 Å². The Labute approximate surface area is 141 Å². The van der Waals surface area contributed by atoms with Crippen LogP contribution < -0.4 is 0 Å². The number of aromatic nitrogens is 3. The van der Waals surface area contributed by atoms with Crippen molar-refractivity contribution in [2.45, 2.75) is 25.3 Å². The number of benzene rings is 1. The fourth-order valence-electron chi connectivity index (χ4n) is 3.25. The quantitative estimate of drug-likeness (QED) is 0.736. The number of hydrogen-bond acceptors (Lipinski definition) is 5. The second-order valence-corrected chi connectivity index (χ2v) is 6.25. The van der Waals surface area contributed by atoms with Crippen molar-refractivity contribution in [1.29, 1.82) is 0 Å². The van der Waals surface area contributed by atoms with Crippen LogP contribution in [0.5, 0.6) is 0 Å². The lowest BCUT2D eigenvalue weighted by molar-refractivity contribution is 0.186. The van der Waals surface area contributed by atoms with Crippen molar-refractivity contribution in [3.8, 4) is 11.5 Å². The fourth-order valence-corrected chi connectivity index (χ4v) is 3.25. The minimum Gasteiger partial charge on any atom is -0.420 e. The van der Waals surface area contributed by atoms with Crippen LogP contribution in [0.1, 0.15) is 30.2 Å². The molecule has 5 heteroatoms. The molecule has 1 aliphatic heterocycles. The zero-order chi connectivity index (χ0) is 16.2. The number of rotatable bonds is 4. The first-order chi connectivity index (χ1) is 11.9. The van der Waals surface area contributed by atoms with Gasteiger partial charge in [0.2, 0.25) is 11.8 Å². The Morgan fingerprint density at radius 3 is 2.83 bits per heavy atom. The Balaban J connectivity index is 1.45. The van der Waals surface area contributed by atoms with Crippen LogP contribution in [-0.4, -0.2) is 33.2 Å². The van der Waals surface area contributed by atoms with Gasteiger partial charge in [0.1, 0.15) is 0 Å². The smallest absolute Gasteiger partial charge is 0.249 e. The van der Waals surface area contributed by atoms with Gasteiger partial charge in [-0.2, -0.15) is 0 Å². The van der Waals surface area contributed by atoms with E-state index < -0.39 is 0 Å². The summed E-state index contributed by atoms with van der Waals surface area (Å²) in [4.78, 5) is 6.58. The normalized spacial score (nSPS) is 18.6. The zero-order valence-electron chi connectivity index (χ0n) is 13.5. The molecule has 0 radical (unpaired) electrons. The van der Waals surface area contributed by atoms with Gasteiger partial charge in [0.15, 0.2) is 0 Å². The third-order valence-corrected chi connectivity index (χ3v) is 4.45. The Hall–Kier alpha value is -2.53. The molecular weight excluding hydrogens is 300 g/mol. The van der Waals surface area contributed by atoms with Gasteiger partial charge in [-0.3, -0.25) is 9.88 Å². The molecule has 122 valence electrons. The van der Waals surface area contributed by atoms with E-state index in [0.717, 1.165) is 43.9 Å². The summed E-state index contributed by atoms with van der Waals surface area (Å²) in [5.41, 5.74) is 2.22. The first-order valence-electron chi connectivity index (χ1n) is 8.38. The molecule has 1 atom stereocenters. The number of nitrogens with zero attached hydrogens (tertiary/aromatic N) is 4. The van der Waals surface area contributed by atoms with E-state index in [1.54, 1.807) is 12.4 Å². The number of hydrogen-bond donors (Lipinski definition) is 0. The van der Waals surface area contributed by atoms with Gasteiger partial charge >= 0.3 is 0 Å². The summed E-state index contributed by atoms with van der Waals surface area (Å²) < 4.78 is 5.92. The molecule has 1 aliphatic rings. The average molecular weight is 320 g/mol. The highest BCUT2D eigenvalue weighted by Crippen LogP contribution is 2.28. The summed E-state index contributed by atoms with van der Waals surface area (Å²) in [5.74, 6) is 1.60. The molecule has 4 rings (SSSR count). The molecule has 0 spiro atoms. The maximum Gasteiger partial charge on any atom is 0.249 e. The van der Waals surface area contributed by atoms with Crippen LogP contribution in [-0.2, 0) is 6.54 Å². The van der Waals surface area contributed by atoms with Crippen LogP contribution in [0.3, 0.4) is 0 Å². The minimum atomic E-state index is 0.306. The average Bonchev–Trinajstić information content (AvgIpc) is 3.14. The maximum atomic E-state index is 5.92. The second kappa shape index (κ2) is 6.93. The highest BCUT2D eigenvalue weighted by atomic mass is 16.4. The Kier molecular flexibility index (Phi) is 4.34. The van der Waals surface area contributed by atoms with E-state index >= 15 is 0 Å². The summed E-state index contributed by atoms with van der Waals surface area (Å²) in [5, 5.41) is 8.48. The van der Waals surface area contributed by atoms with Crippen LogP contribution in [0.15, 0.2) is 59.3 Å². The van der Waals surface area contributed by atoms with Gasteiger partial charge in [0, 0.05) is 25.5 Å². The lowest BCUT2D eigenvalue weighted by atomic mass is 9.97. The summed E-state index contributed by atoms with van der Waals surface area (Å²) >= 11 is 0. The molecule has 2 aromatic heterocycles. The van der Waals surface area contributed by atoms with Gasteiger partial charge in [-0.15, -0.1) is 10.2 Å². The van der Waals surface area contributed by atoms with E-state index in [4.69, 9.17) is 4.42 Å². The largest absolute Gasteiger partial charge is 0.420 e. The number of pyridine rings is 1. The molecule has 3 aromatic rings. The summed E-state index contributed by atoms with van der Waals surface area (Å²) in [6.07, 6.45) is 5.74. The van der Waals surface area contributed by atoms with Crippen molar-refractivity contribution in [3.05, 3.63) is 66.3 Å². The Morgan fingerprint density at radius 1 is 1.08 bits per heavy atom. The van der Waals surface area contributed by atoms with E-state index in [1.165, 1.54) is 5.56 Å². The first kappa shape index (κ1) is 15.0. The molecule has 1 fully saturated rings. The van der Waals surface area contributed by atoms with Crippen LogP contribution in [0, 0.1) is 0 Å². The summed E-state index contributed by atoms with van der Waals surface area (Å²) in [7, 11) is 0. The van der Waals surface area contributed by atoms with Gasteiger partial charge in [0.25, 0.3) is 0 Å². The Bertz CT molecular complexity index is 772. The molecule has 1 aromatic carbocycles. The standard InChI is InChI=1S/C19H20N4O/c1-2-6-15(7-3-1)13-23-11-5-9-17(14-23)19-22-21-18(24-19)16-8-4-10-20-12-16/h1-4,6-8,10,12,17H,5,9,11,13-14H2/t17-/m0/s1.